The fourth-order valence-corrected chi connectivity index (χ4v) is 2.46. The number of nitrogens with one attached hydrogen (secondary N) is 2. The lowest BCUT2D eigenvalue weighted by Crippen LogP contribution is -2.50. The standard InChI is InChI=1S/C17H14N2O6/c20-16(10-5-6-12-14(7-10)24-9-23-12)18-19-17(21)15-8-22-11-3-1-2-4-13(11)25-15/h1-7,15H,8-9H2,(H,18,20)(H,19,21)/t15-/m1/s1. The third kappa shape index (κ3) is 3.01. The van der Waals surface area contributed by atoms with E-state index in [1.807, 2.05) is 6.07 Å². The minimum absolute atomic E-state index is 0.0583. The van der Waals surface area contributed by atoms with Gasteiger partial charge in [0.05, 0.1) is 0 Å². The molecular formula is C17H14N2O6. The van der Waals surface area contributed by atoms with E-state index in [1.165, 1.54) is 0 Å². The van der Waals surface area contributed by atoms with E-state index in [0.29, 0.717) is 28.6 Å². The Morgan fingerprint density at radius 2 is 1.64 bits per heavy atom. The van der Waals surface area contributed by atoms with Crippen LogP contribution in [0.15, 0.2) is 42.5 Å². The highest BCUT2D eigenvalue weighted by Crippen LogP contribution is 2.32. The second kappa shape index (κ2) is 6.23. The van der Waals surface area contributed by atoms with Crippen molar-refractivity contribution < 1.29 is 28.5 Å². The maximum atomic E-state index is 12.2. The highest BCUT2D eigenvalue weighted by Gasteiger charge is 2.27. The predicted octanol–water partition coefficient (Wildman–Crippen LogP) is 1.02. The second-order valence-corrected chi connectivity index (χ2v) is 5.38. The number of hydrogen-bond acceptors (Lipinski definition) is 6. The van der Waals surface area contributed by atoms with Crippen molar-refractivity contribution in [3.05, 3.63) is 48.0 Å². The first-order valence-corrected chi connectivity index (χ1v) is 7.59. The van der Waals surface area contributed by atoms with Crippen LogP contribution in [0.25, 0.3) is 0 Å². The Bertz CT molecular complexity index is 838. The first-order chi connectivity index (χ1) is 12.2. The number of carbonyl (C=O) groups is 2. The Morgan fingerprint density at radius 3 is 2.52 bits per heavy atom. The van der Waals surface area contributed by atoms with Gasteiger partial charge in [0, 0.05) is 5.56 Å². The van der Waals surface area contributed by atoms with Crippen LogP contribution in [0.1, 0.15) is 10.4 Å². The molecule has 0 saturated carbocycles. The van der Waals surface area contributed by atoms with E-state index in [9.17, 15) is 9.59 Å². The third-order valence-electron chi connectivity index (χ3n) is 3.74. The lowest BCUT2D eigenvalue weighted by Gasteiger charge is -2.25. The predicted molar refractivity (Wildman–Crippen MR) is 84.5 cm³/mol. The molecule has 128 valence electrons. The second-order valence-electron chi connectivity index (χ2n) is 5.38. The first-order valence-electron chi connectivity index (χ1n) is 7.59. The molecule has 0 spiro atoms. The van der Waals surface area contributed by atoms with Crippen molar-refractivity contribution >= 4 is 11.8 Å². The Hall–Kier alpha value is -3.42. The van der Waals surface area contributed by atoms with Gasteiger partial charge in [-0.1, -0.05) is 12.1 Å². The normalized spacial score (nSPS) is 16.9. The molecular weight excluding hydrogens is 328 g/mol. The molecule has 8 nitrogen and oxygen atoms in total. The number of carbonyl (C=O) groups excluding carboxylic acids is 2. The molecule has 0 aliphatic carbocycles. The molecule has 2 N–H and O–H groups in total. The lowest BCUT2D eigenvalue weighted by atomic mass is 10.2. The molecule has 0 bridgehead atoms. The summed E-state index contributed by atoms with van der Waals surface area (Å²) >= 11 is 0. The third-order valence-corrected chi connectivity index (χ3v) is 3.74. The summed E-state index contributed by atoms with van der Waals surface area (Å²) in [5, 5.41) is 0. The van der Waals surface area contributed by atoms with E-state index in [1.54, 1.807) is 36.4 Å². The summed E-state index contributed by atoms with van der Waals surface area (Å²) in [6.45, 7) is 0.181. The quantitative estimate of drug-likeness (QED) is 0.791. The highest BCUT2D eigenvalue weighted by atomic mass is 16.7. The van der Waals surface area contributed by atoms with Crippen LogP contribution in [0.2, 0.25) is 0 Å². The molecule has 0 radical (unpaired) electrons. The molecule has 2 aliphatic rings. The van der Waals surface area contributed by atoms with E-state index in [2.05, 4.69) is 10.9 Å². The number of para-hydroxylation sites is 2. The summed E-state index contributed by atoms with van der Waals surface area (Å²) in [6, 6.07) is 11.8. The van der Waals surface area contributed by atoms with Crippen LogP contribution in [0, 0.1) is 0 Å². The summed E-state index contributed by atoms with van der Waals surface area (Å²) in [5.41, 5.74) is 5.00. The van der Waals surface area contributed by atoms with Crippen LogP contribution < -0.4 is 29.8 Å². The van der Waals surface area contributed by atoms with Crippen molar-refractivity contribution in [3.8, 4) is 23.0 Å². The molecule has 2 aromatic carbocycles. The van der Waals surface area contributed by atoms with E-state index in [-0.39, 0.29) is 13.4 Å². The first kappa shape index (κ1) is 15.1. The number of ether oxygens (including phenoxy) is 4. The summed E-state index contributed by atoms with van der Waals surface area (Å²) in [5.74, 6) is 1.13. The summed E-state index contributed by atoms with van der Waals surface area (Å²) in [4.78, 5) is 24.3. The zero-order chi connectivity index (χ0) is 17.2. The maximum Gasteiger partial charge on any atom is 0.283 e. The van der Waals surface area contributed by atoms with Crippen molar-refractivity contribution in [2.75, 3.05) is 13.4 Å². The summed E-state index contributed by atoms with van der Waals surface area (Å²) < 4.78 is 21.4. The van der Waals surface area contributed by atoms with Crippen molar-refractivity contribution in [1.82, 2.24) is 10.9 Å². The van der Waals surface area contributed by atoms with E-state index in [4.69, 9.17) is 18.9 Å². The van der Waals surface area contributed by atoms with Gasteiger partial charge in [0.25, 0.3) is 11.8 Å². The largest absolute Gasteiger partial charge is 0.485 e. The van der Waals surface area contributed by atoms with Gasteiger partial charge in [-0.25, -0.2) is 0 Å². The van der Waals surface area contributed by atoms with Crippen molar-refractivity contribution in [2.45, 2.75) is 6.10 Å². The number of amides is 2. The number of hydrogen-bond donors (Lipinski definition) is 2. The van der Waals surface area contributed by atoms with Crippen LogP contribution in [-0.4, -0.2) is 31.3 Å². The fourth-order valence-electron chi connectivity index (χ4n) is 2.46. The van der Waals surface area contributed by atoms with Gasteiger partial charge in [-0.05, 0) is 30.3 Å². The zero-order valence-electron chi connectivity index (χ0n) is 13.0. The summed E-state index contributed by atoms with van der Waals surface area (Å²) in [7, 11) is 0. The Morgan fingerprint density at radius 1 is 0.880 bits per heavy atom. The molecule has 4 rings (SSSR count). The molecule has 0 fully saturated rings. The zero-order valence-corrected chi connectivity index (χ0v) is 13.0. The molecule has 25 heavy (non-hydrogen) atoms. The van der Waals surface area contributed by atoms with Crippen LogP contribution in [-0.2, 0) is 4.79 Å². The molecule has 0 saturated heterocycles. The number of hydrazine groups is 1. The van der Waals surface area contributed by atoms with Crippen LogP contribution in [0.4, 0.5) is 0 Å². The van der Waals surface area contributed by atoms with E-state index >= 15 is 0 Å². The number of rotatable bonds is 2. The van der Waals surface area contributed by atoms with Crippen LogP contribution >= 0.6 is 0 Å². The van der Waals surface area contributed by atoms with Gasteiger partial charge in [0.15, 0.2) is 23.0 Å². The van der Waals surface area contributed by atoms with Crippen molar-refractivity contribution in [1.29, 1.82) is 0 Å². The Labute approximate surface area is 142 Å². The summed E-state index contributed by atoms with van der Waals surface area (Å²) in [6.07, 6.45) is -0.855. The average Bonchev–Trinajstić information content (AvgIpc) is 3.13. The molecule has 2 aliphatic heterocycles. The molecule has 2 aromatic rings. The highest BCUT2D eigenvalue weighted by molar-refractivity contribution is 5.96. The SMILES string of the molecule is O=C(NNC(=O)[C@H]1COc2ccccc2O1)c1ccc2c(c1)OCO2. The minimum atomic E-state index is -0.855. The van der Waals surface area contributed by atoms with Gasteiger partial charge in [-0.15, -0.1) is 0 Å². The van der Waals surface area contributed by atoms with Gasteiger partial charge in [0.2, 0.25) is 12.9 Å². The Kier molecular flexibility index (Phi) is 3.77. The monoisotopic (exact) mass is 342 g/mol. The lowest BCUT2D eigenvalue weighted by molar-refractivity contribution is -0.131. The van der Waals surface area contributed by atoms with Gasteiger partial charge in [-0.2, -0.15) is 0 Å². The number of fused-ring (bicyclic) bond motifs is 2. The molecule has 2 amide bonds. The molecule has 0 aromatic heterocycles. The van der Waals surface area contributed by atoms with E-state index < -0.39 is 17.9 Å². The van der Waals surface area contributed by atoms with Gasteiger partial charge < -0.3 is 18.9 Å². The molecule has 1 atom stereocenters. The Balaban J connectivity index is 1.35. The van der Waals surface area contributed by atoms with Crippen molar-refractivity contribution in [3.63, 3.8) is 0 Å². The van der Waals surface area contributed by atoms with Gasteiger partial charge in [0.1, 0.15) is 6.61 Å². The van der Waals surface area contributed by atoms with Gasteiger partial charge in [-0.3, -0.25) is 20.4 Å². The molecule has 2 heterocycles. The van der Waals surface area contributed by atoms with Crippen LogP contribution in [0.5, 0.6) is 23.0 Å². The van der Waals surface area contributed by atoms with Gasteiger partial charge >= 0.3 is 0 Å². The molecule has 8 heteroatoms. The number of benzene rings is 2. The van der Waals surface area contributed by atoms with Crippen LogP contribution in [0.3, 0.4) is 0 Å². The minimum Gasteiger partial charge on any atom is -0.485 e. The molecule has 0 unspecified atom stereocenters. The van der Waals surface area contributed by atoms with E-state index in [0.717, 1.165) is 0 Å². The maximum absolute atomic E-state index is 12.2. The topological polar surface area (TPSA) is 95.1 Å². The fraction of sp³-hybridized carbons (Fsp3) is 0.176. The average molecular weight is 342 g/mol. The smallest absolute Gasteiger partial charge is 0.283 e. The van der Waals surface area contributed by atoms with Crippen molar-refractivity contribution in [2.24, 2.45) is 0 Å².